The lowest BCUT2D eigenvalue weighted by Gasteiger charge is -2.21. The maximum Gasteiger partial charge on any atom is 0.387 e. The van der Waals surface area contributed by atoms with Crippen LogP contribution >= 0.6 is 0 Å². The first-order valence-electron chi connectivity index (χ1n) is 6.61. The average molecular weight is 272 g/mol. The summed E-state index contributed by atoms with van der Waals surface area (Å²) in [6, 6.07) is 6.65. The van der Waals surface area contributed by atoms with Gasteiger partial charge in [0.25, 0.3) is 0 Å². The van der Waals surface area contributed by atoms with Crippen molar-refractivity contribution in [3.05, 3.63) is 29.8 Å². The number of halogens is 2. The Bertz CT molecular complexity index is 353. The topological polar surface area (TPSA) is 47.3 Å². The maximum absolute atomic E-state index is 12.1. The predicted octanol–water partition coefficient (Wildman–Crippen LogP) is 3.62. The van der Waals surface area contributed by atoms with Crippen molar-refractivity contribution in [2.24, 2.45) is 11.8 Å². The Labute approximate surface area is 113 Å². The number of alkyl halides is 2. The van der Waals surface area contributed by atoms with Crippen molar-refractivity contribution in [2.45, 2.75) is 45.8 Å². The molecule has 19 heavy (non-hydrogen) atoms. The van der Waals surface area contributed by atoms with Gasteiger partial charge in [0, 0.05) is 6.04 Å². The van der Waals surface area contributed by atoms with Gasteiger partial charge >= 0.3 is 6.61 Å². The average Bonchev–Trinajstić information content (AvgIpc) is 2.41. The molecule has 0 radical (unpaired) electrons. The highest BCUT2D eigenvalue weighted by Gasteiger charge is 2.15. The van der Waals surface area contributed by atoms with E-state index in [-0.39, 0.29) is 11.8 Å². The molecule has 0 saturated heterocycles. The zero-order chi connectivity index (χ0) is 14.3. The molecule has 0 fully saturated rings. The third-order valence-corrected chi connectivity index (χ3v) is 3.43. The van der Waals surface area contributed by atoms with Crippen LogP contribution in [0.25, 0.3) is 0 Å². The number of benzene rings is 1. The molecule has 3 N–H and O–H groups in total. The molecule has 5 heteroatoms. The van der Waals surface area contributed by atoms with Crippen molar-refractivity contribution < 1.29 is 13.5 Å². The Kier molecular flexibility index (Phi) is 6.73. The van der Waals surface area contributed by atoms with Crippen molar-refractivity contribution >= 4 is 0 Å². The van der Waals surface area contributed by atoms with Crippen LogP contribution in [-0.4, -0.2) is 6.61 Å². The van der Waals surface area contributed by atoms with Crippen LogP contribution in [0.15, 0.2) is 24.3 Å². The minimum absolute atomic E-state index is 0.0329. The zero-order valence-corrected chi connectivity index (χ0v) is 11.4. The maximum atomic E-state index is 12.1. The second kappa shape index (κ2) is 8.07. The van der Waals surface area contributed by atoms with E-state index in [1.165, 1.54) is 0 Å². The van der Waals surface area contributed by atoms with Gasteiger partial charge in [0.05, 0.1) is 0 Å². The van der Waals surface area contributed by atoms with Crippen LogP contribution in [0.4, 0.5) is 8.78 Å². The molecule has 0 saturated carbocycles. The monoisotopic (exact) mass is 272 g/mol. The van der Waals surface area contributed by atoms with E-state index in [0.29, 0.717) is 5.92 Å². The molecule has 0 aliphatic carbocycles. The highest BCUT2D eigenvalue weighted by molar-refractivity contribution is 5.29. The van der Waals surface area contributed by atoms with Crippen LogP contribution in [0.3, 0.4) is 0 Å². The van der Waals surface area contributed by atoms with E-state index in [4.69, 9.17) is 5.84 Å². The lowest BCUT2D eigenvalue weighted by molar-refractivity contribution is -0.0498. The molecule has 0 aliphatic heterocycles. The predicted molar refractivity (Wildman–Crippen MR) is 71.8 cm³/mol. The second-order valence-corrected chi connectivity index (χ2v) is 4.59. The van der Waals surface area contributed by atoms with Gasteiger partial charge in [-0.15, -0.1) is 0 Å². The van der Waals surface area contributed by atoms with Gasteiger partial charge in [-0.2, -0.15) is 8.78 Å². The van der Waals surface area contributed by atoms with E-state index < -0.39 is 6.61 Å². The van der Waals surface area contributed by atoms with Gasteiger partial charge in [-0.3, -0.25) is 11.3 Å². The quantitative estimate of drug-likeness (QED) is 0.561. The van der Waals surface area contributed by atoms with Gasteiger partial charge < -0.3 is 4.74 Å². The summed E-state index contributed by atoms with van der Waals surface area (Å²) in [6.07, 6.45) is 3.13. The molecule has 0 aromatic heterocycles. The SMILES string of the molecule is CCC(CC)CC(NN)c1ccc(OC(F)F)cc1. The molecule has 1 aromatic carbocycles. The molecule has 0 heterocycles. The molecule has 0 spiro atoms. The number of nitrogens with two attached hydrogens (primary N) is 1. The van der Waals surface area contributed by atoms with Crippen LogP contribution in [0.5, 0.6) is 5.75 Å². The Morgan fingerprint density at radius 2 is 1.74 bits per heavy atom. The standard InChI is InChI=1S/C14H22F2N2O/c1-3-10(4-2)9-13(18-17)11-5-7-12(8-6-11)19-14(15)16/h5-8,10,13-14,18H,3-4,9,17H2,1-2H3. The van der Waals surface area contributed by atoms with Gasteiger partial charge in [-0.25, -0.2) is 0 Å². The highest BCUT2D eigenvalue weighted by Crippen LogP contribution is 2.26. The molecule has 0 aliphatic rings. The summed E-state index contributed by atoms with van der Waals surface area (Å²) < 4.78 is 28.4. The van der Waals surface area contributed by atoms with Crippen molar-refractivity contribution in [3.63, 3.8) is 0 Å². The number of nitrogens with one attached hydrogen (secondary N) is 1. The Hall–Kier alpha value is -1.20. The molecular formula is C14H22F2N2O. The van der Waals surface area contributed by atoms with Crippen LogP contribution in [0.2, 0.25) is 0 Å². The minimum Gasteiger partial charge on any atom is -0.435 e. The number of hydrazine groups is 1. The highest BCUT2D eigenvalue weighted by atomic mass is 19.3. The van der Waals surface area contributed by atoms with Crippen LogP contribution in [-0.2, 0) is 0 Å². The number of rotatable bonds is 8. The van der Waals surface area contributed by atoms with Crippen molar-refractivity contribution in [1.82, 2.24) is 5.43 Å². The number of ether oxygens (including phenoxy) is 1. The summed E-state index contributed by atoms with van der Waals surface area (Å²) in [5.41, 5.74) is 3.77. The Morgan fingerprint density at radius 3 is 2.16 bits per heavy atom. The summed E-state index contributed by atoms with van der Waals surface area (Å²) in [5, 5.41) is 0. The summed E-state index contributed by atoms with van der Waals surface area (Å²) in [4.78, 5) is 0. The number of hydrogen-bond acceptors (Lipinski definition) is 3. The second-order valence-electron chi connectivity index (χ2n) is 4.59. The number of hydrogen-bond donors (Lipinski definition) is 2. The summed E-state index contributed by atoms with van der Waals surface area (Å²) >= 11 is 0. The van der Waals surface area contributed by atoms with Gasteiger partial charge in [-0.1, -0.05) is 38.8 Å². The van der Waals surface area contributed by atoms with E-state index in [1.54, 1.807) is 24.3 Å². The first-order chi connectivity index (χ1) is 9.10. The Balaban J connectivity index is 2.70. The molecule has 1 unspecified atom stereocenters. The van der Waals surface area contributed by atoms with E-state index in [9.17, 15) is 8.78 Å². The fourth-order valence-corrected chi connectivity index (χ4v) is 2.14. The smallest absolute Gasteiger partial charge is 0.387 e. The van der Waals surface area contributed by atoms with Gasteiger partial charge in [0.2, 0.25) is 0 Å². The Morgan fingerprint density at radius 1 is 1.16 bits per heavy atom. The molecule has 0 amide bonds. The third-order valence-electron chi connectivity index (χ3n) is 3.43. The third kappa shape index (κ3) is 5.12. The largest absolute Gasteiger partial charge is 0.435 e. The van der Waals surface area contributed by atoms with E-state index in [1.807, 2.05) is 0 Å². The fraction of sp³-hybridized carbons (Fsp3) is 0.571. The first kappa shape index (κ1) is 15.9. The van der Waals surface area contributed by atoms with Crippen LogP contribution < -0.4 is 16.0 Å². The van der Waals surface area contributed by atoms with Crippen molar-refractivity contribution in [1.29, 1.82) is 0 Å². The van der Waals surface area contributed by atoms with Crippen LogP contribution in [0, 0.1) is 5.92 Å². The van der Waals surface area contributed by atoms with E-state index >= 15 is 0 Å². The molecule has 1 aromatic rings. The summed E-state index contributed by atoms with van der Waals surface area (Å²) in [5.74, 6) is 6.34. The van der Waals surface area contributed by atoms with Crippen molar-refractivity contribution in [3.8, 4) is 5.75 Å². The van der Waals surface area contributed by atoms with Crippen LogP contribution in [0.1, 0.15) is 44.7 Å². The normalized spacial score (nSPS) is 13.0. The lowest BCUT2D eigenvalue weighted by atomic mass is 9.91. The first-order valence-corrected chi connectivity index (χ1v) is 6.61. The summed E-state index contributed by atoms with van der Waals surface area (Å²) in [7, 11) is 0. The molecule has 3 nitrogen and oxygen atoms in total. The fourth-order valence-electron chi connectivity index (χ4n) is 2.14. The van der Waals surface area contributed by atoms with Gasteiger partial charge in [-0.05, 0) is 30.0 Å². The molecule has 1 rings (SSSR count). The molecule has 108 valence electrons. The molecule has 0 bridgehead atoms. The van der Waals surface area contributed by atoms with E-state index in [0.717, 1.165) is 24.8 Å². The minimum atomic E-state index is -2.79. The lowest BCUT2D eigenvalue weighted by Crippen LogP contribution is -2.29. The molecular weight excluding hydrogens is 250 g/mol. The van der Waals surface area contributed by atoms with Gasteiger partial charge in [0.1, 0.15) is 5.75 Å². The summed E-state index contributed by atoms with van der Waals surface area (Å²) in [6.45, 7) is 1.52. The zero-order valence-electron chi connectivity index (χ0n) is 11.4. The van der Waals surface area contributed by atoms with E-state index in [2.05, 4.69) is 24.0 Å². The molecule has 1 atom stereocenters. The van der Waals surface area contributed by atoms with Gasteiger partial charge in [0.15, 0.2) is 0 Å². The van der Waals surface area contributed by atoms with Crippen molar-refractivity contribution in [2.75, 3.05) is 0 Å².